The molecule has 8 aromatic rings. The number of rotatable bonds is 2. The second-order valence-electron chi connectivity index (χ2n) is 12.0. The summed E-state index contributed by atoms with van der Waals surface area (Å²) in [6.45, 7) is 0. The van der Waals surface area contributed by atoms with E-state index in [1.165, 1.54) is 88.7 Å². The number of aromatic nitrogens is 2. The second kappa shape index (κ2) is 8.95. The molecule has 0 radical (unpaired) electrons. The summed E-state index contributed by atoms with van der Waals surface area (Å²) in [6, 6.07) is 49.3. The monoisotopic (exact) mass is 560 g/mol. The van der Waals surface area contributed by atoms with Crippen molar-refractivity contribution in [2.75, 3.05) is 0 Å². The molecule has 1 aliphatic heterocycles. The van der Waals surface area contributed by atoms with Gasteiger partial charge in [-0.3, -0.25) is 0 Å². The standard InChI is InChI=1S/C42H28N2/c1-6-22-36-27(13-1)28-14-2-7-23-37(28)43(36)38-24-8-3-15-29(38)31-18-11-19-32-34-21-12-20-33-30-16-4-9-25-39(30)44(42(33)34)40-26-10-5-17-35(40)41(31)32/h1,3-13,15-26H,2,14H2. The lowest BCUT2D eigenvalue weighted by Gasteiger charge is -2.20. The summed E-state index contributed by atoms with van der Waals surface area (Å²) in [5, 5.41) is 3.95. The first kappa shape index (κ1) is 23.9. The Hall–Kier alpha value is -5.60. The van der Waals surface area contributed by atoms with E-state index in [1.807, 2.05) is 0 Å². The third kappa shape index (κ3) is 3.10. The molecule has 6 aromatic carbocycles. The highest BCUT2D eigenvalue weighted by molar-refractivity contribution is 6.17. The lowest BCUT2D eigenvalue weighted by Crippen LogP contribution is -2.03. The maximum Gasteiger partial charge on any atom is 0.0619 e. The summed E-state index contributed by atoms with van der Waals surface area (Å²) < 4.78 is 4.99. The quantitative estimate of drug-likeness (QED) is 0.199. The molecule has 10 rings (SSSR count). The van der Waals surface area contributed by atoms with E-state index < -0.39 is 0 Å². The number of hydrogen-bond acceptors (Lipinski definition) is 0. The van der Waals surface area contributed by atoms with Crippen molar-refractivity contribution in [1.82, 2.24) is 9.13 Å². The fourth-order valence-corrected chi connectivity index (χ4v) is 8.00. The van der Waals surface area contributed by atoms with Crippen molar-refractivity contribution < 1.29 is 0 Å². The molecule has 44 heavy (non-hydrogen) atoms. The van der Waals surface area contributed by atoms with Gasteiger partial charge >= 0.3 is 0 Å². The first-order valence-electron chi connectivity index (χ1n) is 15.5. The van der Waals surface area contributed by atoms with E-state index in [4.69, 9.17) is 0 Å². The number of para-hydroxylation sites is 5. The van der Waals surface area contributed by atoms with Gasteiger partial charge in [0.05, 0.1) is 27.9 Å². The number of nitrogens with zero attached hydrogens (tertiary/aromatic N) is 2. The molecule has 206 valence electrons. The van der Waals surface area contributed by atoms with Gasteiger partial charge in [-0.2, -0.15) is 0 Å². The first-order valence-corrected chi connectivity index (χ1v) is 15.5. The Bertz CT molecular complexity index is 2500. The summed E-state index contributed by atoms with van der Waals surface area (Å²) in [7, 11) is 0. The molecule has 1 aliphatic carbocycles. The largest absolute Gasteiger partial charge is 0.309 e. The molecule has 0 fully saturated rings. The minimum atomic E-state index is 1.08. The summed E-state index contributed by atoms with van der Waals surface area (Å²) in [5.74, 6) is 0. The average Bonchev–Trinajstić information content (AvgIpc) is 3.57. The van der Waals surface area contributed by atoms with Gasteiger partial charge in [-0.15, -0.1) is 0 Å². The molecule has 0 atom stereocenters. The fourth-order valence-electron chi connectivity index (χ4n) is 8.00. The molecule has 2 heteroatoms. The van der Waals surface area contributed by atoms with Crippen LogP contribution in [-0.4, -0.2) is 9.13 Å². The maximum atomic E-state index is 2.50. The fraction of sp³-hybridized carbons (Fsp3) is 0.0476. The lowest BCUT2D eigenvalue weighted by molar-refractivity contribution is 0.968. The molecular formula is C42H28N2. The molecule has 3 heterocycles. The van der Waals surface area contributed by atoms with E-state index in [0.29, 0.717) is 0 Å². The van der Waals surface area contributed by atoms with E-state index in [-0.39, 0.29) is 0 Å². The number of hydrogen-bond donors (Lipinski definition) is 0. The molecule has 2 nitrogen and oxygen atoms in total. The zero-order valence-corrected chi connectivity index (χ0v) is 24.2. The van der Waals surface area contributed by atoms with Crippen molar-refractivity contribution >= 4 is 38.8 Å². The van der Waals surface area contributed by atoms with Crippen LogP contribution in [0.15, 0.2) is 140 Å². The molecule has 0 saturated carbocycles. The van der Waals surface area contributed by atoms with Crippen LogP contribution < -0.4 is 0 Å². The van der Waals surface area contributed by atoms with Gasteiger partial charge in [-0.1, -0.05) is 115 Å². The van der Waals surface area contributed by atoms with Crippen LogP contribution in [0.5, 0.6) is 0 Å². The number of benzene rings is 6. The SMILES string of the molecule is C1=Cc2c(c3ccccc3n2-c2ccccc2-c2cccc3c2-c2ccccc2-n2c4ccccc4c4cccc-3c42)CC1. The van der Waals surface area contributed by atoms with Crippen LogP contribution in [0.2, 0.25) is 0 Å². The van der Waals surface area contributed by atoms with Crippen molar-refractivity contribution in [3.63, 3.8) is 0 Å². The van der Waals surface area contributed by atoms with Gasteiger partial charge in [0.1, 0.15) is 0 Å². The minimum absolute atomic E-state index is 1.08. The summed E-state index contributed by atoms with van der Waals surface area (Å²) in [6.07, 6.45) is 6.82. The first-order chi connectivity index (χ1) is 21.9. The number of fused-ring (bicyclic) bond motifs is 11. The van der Waals surface area contributed by atoms with Crippen LogP contribution in [0, 0.1) is 0 Å². The van der Waals surface area contributed by atoms with Crippen LogP contribution >= 0.6 is 0 Å². The highest BCUT2D eigenvalue weighted by atomic mass is 15.0. The third-order valence-corrected chi connectivity index (χ3v) is 9.76. The van der Waals surface area contributed by atoms with Crippen LogP contribution in [0.3, 0.4) is 0 Å². The highest BCUT2D eigenvalue weighted by Gasteiger charge is 2.27. The molecular weight excluding hydrogens is 532 g/mol. The molecule has 0 bridgehead atoms. The molecule has 0 amide bonds. The molecule has 0 saturated heterocycles. The van der Waals surface area contributed by atoms with Crippen LogP contribution in [0.1, 0.15) is 17.7 Å². The van der Waals surface area contributed by atoms with Gasteiger partial charge in [0, 0.05) is 38.5 Å². The predicted octanol–water partition coefficient (Wildman–Crippen LogP) is 11.0. The lowest BCUT2D eigenvalue weighted by atomic mass is 9.86. The molecule has 2 aromatic heterocycles. The Balaban J connectivity index is 1.33. The summed E-state index contributed by atoms with van der Waals surface area (Å²) >= 11 is 0. The minimum Gasteiger partial charge on any atom is -0.309 e. The molecule has 0 spiro atoms. The molecule has 0 N–H and O–H groups in total. The predicted molar refractivity (Wildman–Crippen MR) is 185 cm³/mol. The Morgan fingerprint density at radius 2 is 1.00 bits per heavy atom. The highest BCUT2D eigenvalue weighted by Crippen LogP contribution is 2.50. The van der Waals surface area contributed by atoms with E-state index in [2.05, 4.69) is 155 Å². The Morgan fingerprint density at radius 1 is 0.432 bits per heavy atom. The van der Waals surface area contributed by atoms with Crippen molar-refractivity contribution in [1.29, 1.82) is 0 Å². The van der Waals surface area contributed by atoms with E-state index in [0.717, 1.165) is 12.8 Å². The van der Waals surface area contributed by atoms with Gasteiger partial charge < -0.3 is 9.13 Å². The normalized spacial score (nSPS) is 13.2. The Labute approximate surface area is 255 Å². The van der Waals surface area contributed by atoms with E-state index in [9.17, 15) is 0 Å². The summed E-state index contributed by atoms with van der Waals surface area (Å²) in [4.78, 5) is 0. The third-order valence-electron chi connectivity index (χ3n) is 9.76. The molecule has 2 aliphatic rings. The van der Waals surface area contributed by atoms with Crippen molar-refractivity contribution in [3.05, 3.63) is 151 Å². The van der Waals surface area contributed by atoms with Gasteiger partial charge in [0.15, 0.2) is 0 Å². The van der Waals surface area contributed by atoms with Gasteiger partial charge in [0.2, 0.25) is 0 Å². The van der Waals surface area contributed by atoms with Gasteiger partial charge in [-0.25, -0.2) is 0 Å². The van der Waals surface area contributed by atoms with Crippen molar-refractivity contribution in [2.45, 2.75) is 12.8 Å². The van der Waals surface area contributed by atoms with E-state index in [1.54, 1.807) is 0 Å². The van der Waals surface area contributed by atoms with Crippen LogP contribution in [0.25, 0.3) is 83.5 Å². The number of aryl methyl sites for hydroxylation is 1. The van der Waals surface area contributed by atoms with Crippen LogP contribution in [-0.2, 0) is 6.42 Å². The topological polar surface area (TPSA) is 9.86 Å². The van der Waals surface area contributed by atoms with E-state index >= 15 is 0 Å². The smallest absolute Gasteiger partial charge is 0.0619 e. The molecule has 0 unspecified atom stereocenters. The van der Waals surface area contributed by atoms with Crippen LogP contribution in [0.4, 0.5) is 0 Å². The van der Waals surface area contributed by atoms with Crippen molar-refractivity contribution in [2.24, 2.45) is 0 Å². The average molecular weight is 561 g/mol. The Kier molecular flexibility index (Phi) is 4.86. The zero-order valence-electron chi connectivity index (χ0n) is 24.2. The van der Waals surface area contributed by atoms with Crippen molar-refractivity contribution in [3.8, 4) is 44.8 Å². The second-order valence-corrected chi connectivity index (χ2v) is 12.0. The number of allylic oxidation sites excluding steroid dienone is 1. The zero-order chi connectivity index (χ0) is 28.8. The Morgan fingerprint density at radius 3 is 1.84 bits per heavy atom. The maximum absolute atomic E-state index is 2.50. The summed E-state index contributed by atoms with van der Waals surface area (Å²) in [5.41, 5.74) is 16.6. The van der Waals surface area contributed by atoms with Gasteiger partial charge in [-0.05, 0) is 65.4 Å². The van der Waals surface area contributed by atoms with Gasteiger partial charge in [0.25, 0.3) is 0 Å².